The van der Waals surface area contributed by atoms with Crippen LogP contribution in [0, 0.1) is 0 Å². The smallest absolute Gasteiger partial charge is 0.224 e. The van der Waals surface area contributed by atoms with E-state index in [0.717, 1.165) is 11.3 Å². The van der Waals surface area contributed by atoms with Crippen LogP contribution in [-0.2, 0) is 4.79 Å². The zero-order valence-corrected chi connectivity index (χ0v) is 13.4. The lowest BCUT2D eigenvalue weighted by atomic mass is 10.1. The number of hydrogen-bond donors (Lipinski definition) is 0. The van der Waals surface area contributed by atoms with Crippen LogP contribution in [0.2, 0.25) is 0 Å². The van der Waals surface area contributed by atoms with Crippen LogP contribution in [0.15, 0.2) is 47.5 Å². The van der Waals surface area contributed by atoms with Crippen molar-refractivity contribution in [3.05, 3.63) is 48.0 Å². The van der Waals surface area contributed by atoms with Crippen molar-refractivity contribution in [2.45, 2.75) is 6.92 Å². The minimum atomic E-state index is -0.0510. The monoisotopic (exact) mass is 310 g/mol. The van der Waals surface area contributed by atoms with Gasteiger partial charge in [-0.15, -0.1) is 0 Å². The summed E-state index contributed by atoms with van der Waals surface area (Å²) in [7, 11) is 3.17. The summed E-state index contributed by atoms with van der Waals surface area (Å²) >= 11 is 0. The van der Waals surface area contributed by atoms with Crippen LogP contribution in [0.25, 0.3) is 0 Å². The standard InChI is InChI=1S/C18H18N2O3/c1-12(21)20-11-15(13-7-5-4-6-8-13)19-18-16(20)9-14(22-2)10-17(18)23-3/h4-10H,11H2,1-3H3. The highest BCUT2D eigenvalue weighted by molar-refractivity contribution is 6.13. The van der Waals surface area contributed by atoms with Gasteiger partial charge in [-0.3, -0.25) is 4.79 Å². The Morgan fingerprint density at radius 1 is 1.13 bits per heavy atom. The number of methoxy groups -OCH3 is 2. The second-order valence-electron chi connectivity index (χ2n) is 5.23. The molecular formula is C18H18N2O3. The molecule has 2 aromatic rings. The second-order valence-corrected chi connectivity index (χ2v) is 5.23. The van der Waals surface area contributed by atoms with E-state index in [9.17, 15) is 4.79 Å². The molecule has 2 aromatic carbocycles. The van der Waals surface area contributed by atoms with Crippen molar-refractivity contribution >= 4 is 23.0 Å². The van der Waals surface area contributed by atoms with Crippen LogP contribution >= 0.6 is 0 Å². The van der Waals surface area contributed by atoms with E-state index in [2.05, 4.69) is 0 Å². The molecule has 0 saturated heterocycles. The van der Waals surface area contributed by atoms with Crippen molar-refractivity contribution in [3.63, 3.8) is 0 Å². The maximum absolute atomic E-state index is 12.1. The summed E-state index contributed by atoms with van der Waals surface area (Å²) in [5, 5.41) is 0. The maximum atomic E-state index is 12.1. The van der Waals surface area contributed by atoms with Crippen molar-refractivity contribution in [1.29, 1.82) is 0 Å². The van der Waals surface area contributed by atoms with Crippen LogP contribution in [-0.4, -0.2) is 32.4 Å². The van der Waals surface area contributed by atoms with E-state index in [1.54, 1.807) is 32.1 Å². The van der Waals surface area contributed by atoms with E-state index in [1.165, 1.54) is 0 Å². The number of nitrogens with zero attached hydrogens (tertiary/aromatic N) is 2. The van der Waals surface area contributed by atoms with Crippen LogP contribution in [0.4, 0.5) is 11.4 Å². The van der Waals surface area contributed by atoms with Crippen molar-refractivity contribution in [2.24, 2.45) is 4.99 Å². The fourth-order valence-electron chi connectivity index (χ4n) is 2.63. The molecule has 0 N–H and O–H groups in total. The number of rotatable bonds is 3. The normalized spacial score (nSPS) is 13.2. The molecule has 0 radical (unpaired) electrons. The van der Waals surface area contributed by atoms with Gasteiger partial charge in [-0.25, -0.2) is 4.99 Å². The third kappa shape index (κ3) is 2.77. The Kier molecular flexibility index (Phi) is 4.02. The molecule has 5 nitrogen and oxygen atoms in total. The van der Waals surface area contributed by atoms with E-state index in [4.69, 9.17) is 14.5 Å². The maximum Gasteiger partial charge on any atom is 0.224 e. The average molecular weight is 310 g/mol. The first-order valence-corrected chi connectivity index (χ1v) is 7.31. The van der Waals surface area contributed by atoms with E-state index in [-0.39, 0.29) is 5.91 Å². The van der Waals surface area contributed by atoms with Crippen molar-refractivity contribution < 1.29 is 14.3 Å². The molecule has 1 aliphatic rings. The van der Waals surface area contributed by atoms with Gasteiger partial charge in [0.25, 0.3) is 0 Å². The molecule has 1 aliphatic heterocycles. The van der Waals surface area contributed by atoms with Crippen molar-refractivity contribution in [2.75, 3.05) is 25.7 Å². The number of carbonyl (C=O) groups is 1. The average Bonchev–Trinajstić information content (AvgIpc) is 2.60. The molecule has 23 heavy (non-hydrogen) atoms. The molecule has 1 amide bonds. The van der Waals surface area contributed by atoms with Crippen LogP contribution in [0.3, 0.4) is 0 Å². The molecule has 1 heterocycles. The van der Waals surface area contributed by atoms with Gasteiger partial charge in [0.15, 0.2) is 0 Å². The molecule has 0 bridgehead atoms. The largest absolute Gasteiger partial charge is 0.497 e. The minimum absolute atomic E-state index is 0.0510. The number of aliphatic imine (C=N–C) groups is 1. The lowest BCUT2D eigenvalue weighted by Gasteiger charge is -2.29. The van der Waals surface area contributed by atoms with Gasteiger partial charge in [-0.05, 0) is 5.56 Å². The number of benzene rings is 2. The Labute approximate surface area is 135 Å². The Morgan fingerprint density at radius 2 is 1.87 bits per heavy atom. The molecule has 3 rings (SSSR count). The minimum Gasteiger partial charge on any atom is -0.497 e. The highest BCUT2D eigenvalue weighted by Crippen LogP contribution is 2.44. The molecule has 0 saturated carbocycles. The number of anilines is 1. The summed E-state index contributed by atoms with van der Waals surface area (Å²) in [5.41, 5.74) is 3.17. The lowest BCUT2D eigenvalue weighted by Crippen LogP contribution is -2.36. The van der Waals surface area contributed by atoms with Gasteiger partial charge in [0, 0.05) is 19.1 Å². The Hall–Kier alpha value is -2.82. The highest BCUT2D eigenvalue weighted by atomic mass is 16.5. The van der Waals surface area contributed by atoms with Gasteiger partial charge < -0.3 is 14.4 Å². The van der Waals surface area contributed by atoms with Gasteiger partial charge in [-0.1, -0.05) is 30.3 Å². The van der Waals surface area contributed by atoms with Crippen LogP contribution in [0.5, 0.6) is 11.5 Å². The number of carbonyl (C=O) groups excluding carboxylic acids is 1. The quantitative estimate of drug-likeness (QED) is 0.875. The summed E-state index contributed by atoms with van der Waals surface area (Å²) in [6.07, 6.45) is 0. The molecule has 5 heteroatoms. The summed E-state index contributed by atoms with van der Waals surface area (Å²) in [6.45, 7) is 1.96. The first kappa shape index (κ1) is 15.1. The zero-order chi connectivity index (χ0) is 16.4. The van der Waals surface area contributed by atoms with Gasteiger partial charge >= 0.3 is 0 Å². The topological polar surface area (TPSA) is 51.1 Å². The Balaban J connectivity index is 2.20. The number of ether oxygens (including phenoxy) is 2. The molecule has 0 spiro atoms. The van der Waals surface area contributed by atoms with Gasteiger partial charge in [0.05, 0.1) is 32.2 Å². The summed E-state index contributed by atoms with van der Waals surface area (Å²) in [4.78, 5) is 18.6. The third-order valence-electron chi connectivity index (χ3n) is 3.82. The first-order valence-electron chi connectivity index (χ1n) is 7.31. The molecular weight excluding hydrogens is 292 g/mol. The third-order valence-corrected chi connectivity index (χ3v) is 3.82. The van der Waals surface area contributed by atoms with E-state index in [0.29, 0.717) is 29.4 Å². The zero-order valence-electron chi connectivity index (χ0n) is 13.4. The molecule has 0 aromatic heterocycles. The summed E-state index contributed by atoms with van der Waals surface area (Å²) < 4.78 is 10.7. The van der Waals surface area contributed by atoms with E-state index in [1.807, 2.05) is 36.4 Å². The SMILES string of the molecule is COc1cc(OC)c2c(c1)N(C(C)=O)CC(c1ccccc1)=N2. The van der Waals surface area contributed by atoms with E-state index < -0.39 is 0 Å². The van der Waals surface area contributed by atoms with Gasteiger partial charge in [0.1, 0.15) is 17.2 Å². The Morgan fingerprint density at radius 3 is 2.48 bits per heavy atom. The molecule has 0 atom stereocenters. The van der Waals surface area contributed by atoms with E-state index >= 15 is 0 Å². The molecule has 0 fully saturated rings. The molecule has 0 aliphatic carbocycles. The molecule has 118 valence electrons. The fourth-order valence-corrected chi connectivity index (χ4v) is 2.63. The van der Waals surface area contributed by atoms with Gasteiger partial charge in [-0.2, -0.15) is 0 Å². The Bertz CT molecular complexity index is 769. The highest BCUT2D eigenvalue weighted by Gasteiger charge is 2.26. The number of hydrogen-bond acceptors (Lipinski definition) is 4. The van der Waals surface area contributed by atoms with Gasteiger partial charge in [0.2, 0.25) is 5.91 Å². The lowest BCUT2D eigenvalue weighted by molar-refractivity contribution is -0.116. The number of fused-ring (bicyclic) bond motifs is 1. The molecule has 0 unspecified atom stereocenters. The predicted molar refractivity (Wildman–Crippen MR) is 90.2 cm³/mol. The van der Waals surface area contributed by atoms with Crippen LogP contribution < -0.4 is 14.4 Å². The number of amides is 1. The van der Waals surface area contributed by atoms with Crippen molar-refractivity contribution in [1.82, 2.24) is 0 Å². The summed E-state index contributed by atoms with van der Waals surface area (Å²) in [5.74, 6) is 1.16. The summed E-state index contributed by atoms with van der Waals surface area (Å²) in [6, 6.07) is 13.4. The first-order chi connectivity index (χ1) is 11.1. The predicted octanol–water partition coefficient (Wildman–Crippen LogP) is 3.19. The van der Waals surface area contributed by atoms with Crippen LogP contribution in [0.1, 0.15) is 12.5 Å². The fraction of sp³-hybridized carbons (Fsp3) is 0.222. The van der Waals surface area contributed by atoms with Crippen molar-refractivity contribution in [3.8, 4) is 11.5 Å². The second kappa shape index (κ2) is 6.12.